The average molecular weight is 222 g/mol. The van der Waals surface area contributed by atoms with E-state index in [9.17, 15) is 0 Å². The molecule has 1 saturated heterocycles. The van der Waals surface area contributed by atoms with E-state index in [4.69, 9.17) is 4.74 Å². The molecule has 92 valence electrons. The summed E-state index contributed by atoms with van der Waals surface area (Å²) in [6.07, 6.45) is 13.5. The normalized spacial score (nSPS) is 41.6. The molecule has 0 N–H and O–H groups in total. The molecular formula is C15H26O. The van der Waals surface area contributed by atoms with E-state index < -0.39 is 0 Å². The van der Waals surface area contributed by atoms with Crippen LogP contribution in [-0.2, 0) is 4.74 Å². The van der Waals surface area contributed by atoms with Crippen LogP contribution in [0.25, 0.3) is 0 Å². The van der Waals surface area contributed by atoms with E-state index in [1.54, 1.807) is 0 Å². The van der Waals surface area contributed by atoms with E-state index in [0.29, 0.717) is 0 Å². The predicted molar refractivity (Wildman–Crippen MR) is 66.3 cm³/mol. The van der Waals surface area contributed by atoms with Gasteiger partial charge >= 0.3 is 0 Å². The van der Waals surface area contributed by atoms with Gasteiger partial charge in [0.15, 0.2) is 0 Å². The zero-order valence-corrected chi connectivity index (χ0v) is 10.5. The number of fused-ring (bicyclic) bond motifs is 1. The fourth-order valence-electron chi connectivity index (χ4n) is 4.45. The van der Waals surface area contributed by atoms with Gasteiger partial charge in [-0.1, -0.05) is 32.1 Å². The lowest BCUT2D eigenvalue weighted by atomic mass is 9.66. The third-order valence-electron chi connectivity index (χ3n) is 5.46. The molecule has 0 spiro atoms. The summed E-state index contributed by atoms with van der Waals surface area (Å²) in [5.74, 6) is 4.09. The second-order valence-electron chi connectivity index (χ2n) is 6.35. The highest BCUT2D eigenvalue weighted by molar-refractivity contribution is 4.86. The Hall–Kier alpha value is -0.0400. The lowest BCUT2D eigenvalue weighted by Gasteiger charge is -2.42. The Kier molecular flexibility index (Phi) is 3.51. The molecule has 0 amide bonds. The van der Waals surface area contributed by atoms with E-state index in [0.717, 1.165) is 36.9 Å². The molecule has 1 heterocycles. The van der Waals surface area contributed by atoms with E-state index in [2.05, 4.69) is 0 Å². The summed E-state index contributed by atoms with van der Waals surface area (Å²) in [4.78, 5) is 0. The SMILES string of the molecule is C1CCC(C2CCC3CCOCC3C2)CC1. The van der Waals surface area contributed by atoms with E-state index in [1.807, 2.05) is 0 Å². The van der Waals surface area contributed by atoms with Crippen LogP contribution in [0.3, 0.4) is 0 Å². The Labute approximate surface area is 99.9 Å². The Morgan fingerprint density at radius 2 is 1.38 bits per heavy atom. The topological polar surface area (TPSA) is 9.23 Å². The largest absolute Gasteiger partial charge is 0.381 e. The third kappa shape index (κ3) is 2.30. The van der Waals surface area contributed by atoms with Gasteiger partial charge in [-0.05, 0) is 49.4 Å². The van der Waals surface area contributed by atoms with E-state index in [-0.39, 0.29) is 0 Å². The van der Waals surface area contributed by atoms with Gasteiger partial charge in [0.2, 0.25) is 0 Å². The van der Waals surface area contributed by atoms with Crippen molar-refractivity contribution >= 4 is 0 Å². The maximum Gasteiger partial charge on any atom is 0.0497 e. The van der Waals surface area contributed by atoms with E-state index >= 15 is 0 Å². The molecule has 2 aliphatic carbocycles. The highest BCUT2D eigenvalue weighted by atomic mass is 16.5. The lowest BCUT2D eigenvalue weighted by molar-refractivity contribution is -0.0237. The minimum Gasteiger partial charge on any atom is -0.381 e. The first-order valence-corrected chi connectivity index (χ1v) is 7.51. The van der Waals surface area contributed by atoms with Gasteiger partial charge in [-0.3, -0.25) is 0 Å². The highest BCUT2D eigenvalue weighted by Gasteiger charge is 2.35. The van der Waals surface area contributed by atoms with Crippen LogP contribution in [0.5, 0.6) is 0 Å². The first-order valence-electron chi connectivity index (χ1n) is 7.51. The highest BCUT2D eigenvalue weighted by Crippen LogP contribution is 2.44. The van der Waals surface area contributed by atoms with E-state index in [1.165, 1.54) is 57.8 Å². The van der Waals surface area contributed by atoms with Gasteiger partial charge in [-0.2, -0.15) is 0 Å². The molecule has 3 atom stereocenters. The Morgan fingerprint density at radius 3 is 2.25 bits per heavy atom. The maximum absolute atomic E-state index is 5.67. The third-order valence-corrected chi connectivity index (χ3v) is 5.46. The number of hydrogen-bond donors (Lipinski definition) is 0. The minimum absolute atomic E-state index is 0.925. The lowest BCUT2D eigenvalue weighted by Crippen LogP contribution is -2.35. The summed E-state index contributed by atoms with van der Waals surface area (Å²) >= 11 is 0. The van der Waals surface area contributed by atoms with Crippen molar-refractivity contribution in [3.63, 3.8) is 0 Å². The fraction of sp³-hybridized carbons (Fsp3) is 1.00. The molecule has 0 aromatic carbocycles. The van der Waals surface area contributed by atoms with Crippen molar-refractivity contribution in [1.82, 2.24) is 0 Å². The predicted octanol–water partition coefficient (Wildman–Crippen LogP) is 4.02. The van der Waals surface area contributed by atoms with Crippen molar-refractivity contribution in [3.8, 4) is 0 Å². The zero-order chi connectivity index (χ0) is 10.8. The van der Waals surface area contributed by atoms with Gasteiger partial charge in [0.05, 0.1) is 0 Å². The molecule has 16 heavy (non-hydrogen) atoms. The van der Waals surface area contributed by atoms with Crippen LogP contribution in [0, 0.1) is 23.7 Å². The molecule has 1 heteroatoms. The van der Waals surface area contributed by atoms with Crippen LogP contribution in [0.15, 0.2) is 0 Å². The molecule has 3 fully saturated rings. The summed E-state index contributed by atoms with van der Waals surface area (Å²) in [5.41, 5.74) is 0. The molecule has 0 radical (unpaired) electrons. The van der Waals surface area contributed by atoms with Crippen molar-refractivity contribution in [1.29, 1.82) is 0 Å². The summed E-state index contributed by atoms with van der Waals surface area (Å²) in [6.45, 7) is 2.11. The molecule has 3 rings (SSSR count). The van der Waals surface area contributed by atoms with Crippen LogP contribution >= 0.6 is 0 Å². The molecule has 0 aromatic heterocycles. The van der Waals surface area contributed by atoms with Gasteiger partial charge in [-0.25, -0.2) is 0 Å². The van der Waals surface area contributed by atoms with Crippen molar-refractivity contribution in [3.05, 3.63) is 0 Å². The van der Waals surface area contributed by atoms with Crippen molar-refractivity contribution in [2.24, 2.45) is 23.7 Å². The van der Waals surface area contributed by atoms with Gasteiger partial charge in [0.1, 0.15) is 0 Å². The number of hydrogen-bond acceptors (Lipinski definition) is 1. The minimum atomic E-state index is 0.925. The molecule has 3 unspecified atom stereocenters. The molecule has 1 nitrogen and oxygen atoms in total. The second kappa shape index (κ2) is 5.08. The van der Waals surface area contributed by atoms with Crippen molar-refractivity contribution in [2.75, 3.05) is 13.2 Å². The zero-order valence-electron chi connectivity index (χ0n) is 10.5. The maximum atomic E-state index is 5.67. The first-order chi connectivity index (χ1) is 7.93. The van der Waals surface area contributed by atoms with Gasteiger partial charge in [0, 0.05) is 13.2 Å². The number of ether oxygens (including phenoxy) is 1. The standard InChI is InChI=1S/C15H26O/c1-2-4-12(5-3-1)14-7-6-13-8-9-16-11-15(13)10-14/h12-15H,1-11H2. The molecule has 1 aliphatic heterocycles. The second-order valence-corrected chi connectivity index (χ2v) is 6.35. The Balaban J connectivity index is 1.57. The van der Waals surface area contributed by atoms with Crippen molar-refractivity contribution < 1.29 is 4.74 Å². The summed E-state index contributed by atoms with van der Waals surface area (Å²) in [5, 5.41) is 0. The average Bonchev–Trinajstić information content (AvgIpc) is 2.39. The summed E-state index contributed by atoms with van der Waals surface area (Å²) in [7, 11) is 0. The summed E-state index contributed by atoms with van der Waals surface area (Å²) < 4.78 is 5.67. The van der Waals surface area contributed by atoms with Crippen molar-refractivity contribution in [2.45, 2.75) is 57.8 Å². The van der Waals surface area contributed by atoms with Gasteiger partial charge < -0.3 is 4.74 Å². The van der Waals surface area contributed by atoms with Crippen LogP contribution in [0.1, 0.15) is 57.8 Å². The van der Waals surface area contributed by atoms with Crippen LogP contribution < -0.4 is 0 Å². The smallest absolute Gasteiger partial charge is 0.0497 e. The van der Waals surface area contributed by atoms with Gasteiger partial charge in [-0.15, -0.1) is 0 Å². The van der Waals surface area contributed by atoms with Crippen LogP contribution in [0.4, 0.5) is 0 Å². The monoisotopic (exact) mass is 222 g/mol. The Bertz CT molecular complexity index is 217. The first kappa shape index (κ1) is 11.1. The molecular weight excluding hydrogens is 196 g/mol. The quantitative estimate of drug-likeness (QED) is 0.651. The molecule has 2 saturated carbocycles. The number of rotatable bonds is 1. The Morgan fingerprint density at radius 1 is 0.625 bits per heavy atom. The van der Waals surface area contributed by atoms with Gasteiger partial charge in [0.25, 0.3) is 0 Å². The summed E-state index contributed by atoms with van der Waals surface area (Å²) in [6, 6.07) is 0. The van der Waals surface area contributed by atoms with Crippen LogP contribution in [-0.4, -0.2) is 13.2 Å². The molecule has 3 aliphatic rings. The molecule has 0 aromatic rings. The fourth-order valence-corrected chi connectivity index (χ4v) is 4.45. The van der Waals surface area contributed by atoms with Crippen LogP contribution in [0.2, 0.25) is 0 Å². The molecule has 0 bridgehead atoms.